The number of hydrogen-bond donors (Lipinski definition) is 1. The molecule has 3 aromatic rings. The Kier molecular flexibility index (Phi) is 6.24. The SMILES string of the molecule is CCS(=O)(=O)CCC(C)Nc1ncc2cc(-c3ccccc3Cl)c(=O)n(C)c2n1. The van der Waals surface area contributed by atoms with Gasteiger partial charge in [-0.1, -0.05) is 36.7 Å². The van der Waals surface area contributed by atoms with Crippen molar-refractivity contribution >= 4 is 38.4 Å². The molecule has 0 aliphatic rings. The summed E-state index contributed by atoms with van der Waals surface area (Å²) >= 11 is 6.26. The molecule has 1 N–H and O–H groups in total. The predicted octanol–water partition coefficient (Wildman–Crippen LogP) is 3.27. The van der Waals surface area contributed by atoms with Gasteiger partial charge in [0.15, 0.2) is 0 Å². The number of halogens is 1. The largest absolute Gasteiger partial charge is 0.352 e. The van der Waals surface area contributed by atoms with Crippen LogP contribution in [-0.2, 0) is 16.9 Å². The molecule has 0 saturated heterocycles. The van der Waals surface area contributed by atoms with E-state index in [0.717, 1.165) is 0 Å². The van der Waals surface area contributed by atoms with Crippen LogP contribution < -0.4 is 10.9 Å². The summed E-state index contributed by atoms with van der Waals surface area (Å²) < 4.78 is 24.8. The van der Waals surface area contributed by atoms with Gasteiger partial charge in [0.25, 0.3) is 5.56 Å². The van der Waals surface area contributed by atoms with Crippen molar-refractivity contribution in [1.82, 2.24) is 14.5 Å². The average Bonchev–Trinajstić information content (AvgIpc) is 2.70. The summed E-state index contributed by atoms with van der Waals surface area (Å²) in [6.07, 6.45) is 2.09. The summed E-state index contributed by atoms with van der Waals surface area (Å²) in [5, 5.41) is 4.31. The molecule has 0 aliphatic carbocycles. The van der Waals surface area contributed by atoms with Gasteiger partial charge >= 0.3 is 0 Å². The summed E-state index contributed by atoms with van der Waals surface area (Å²) in [6, 6.07) is 8.78. The fourth-order valence-corrected chi connectivity index (χ4v) is 4.22. The molecule has 0 amide bonds. The second-order valence-electron chi connectivity index (χ2n) is 6.95. The van der Waals surface area contributed by atoms with Gasteiger partial charge in [0, 0.05) is 46.6 Å². The molecule has 0 radical (unpaired) electrons. The first-order chi connectivity index (χ1) is 13.7. The van der Waals surface area contributed by atoms with Crippen LogP contribution in [0.4, 0.5) is 5.95 Å². The minimum Gasteiger partial charge on any atom is -0.352 e. The minimum atomic E-state index is -3.03. The fourth-order valence-electron chi connectivity index (χ4n) is 2.98. The Morgan fingerprint density at radius 3 is 2.66 bits per heavy atom. The second-order valence-corrected chi connectivity index (χ2v) is 9.82. The number of anilines is 1. The third kappa shape index (κ3) is 4.76. The smallest absolute Gasteiger partial charge is 0.259 e. The number of aromatic nitrogens is 3. The monoisotopic (exact) mass is 434 g/mol. The molecule has 2 aromatic heterocycles. The van der Waals surface area contributed by atoms with Crippen molar-refractivity contribution in [3.8, 4) is 11.1 Å². The standard InChI is InChI=1S/C20H23ClN4O3S/c1-4-29(27,28)10-9-13(2)23-20-22-12-14-11-16(15-7-5-6-8-17(15)21)19(26)25(3)18(14)24-20/h5-8,11-13H,4,9-10H2,1-3H3,(H,22,23,24). The predicted molar refractivity (Wildman–Crippen MR) is 117 cm³/mol. The topological polar surface area (TPSA) is 94.0 Å². The number of sulfone groups is 1. The fraction of sp³-hybridized carbons (Fsp3) is 0.350. The highest BCUT2D eigenvalue weighted by atomic mass is 35.5. The van der Waals surface area contributed by atoms with E-state index < -0.39 is 9.84 Å². The van der Waals surface area contributed by atoms with E-state index in [1.54, 1.807) is 38.4 Å². The molecule has 2 heterocycles. The van der Waals surface area contributed by atoms with Crippen LogP contribution in [0.3, 0.4) is 0 Å². The van der Waals surface area contributed by atoms with Crippen LogP contribution in [0.1, 0.15) is 20.3 Å². The average molecular weight is 435 g/mol. The molecule has 1 atom stereocenters. The summed E-state index contributed by atoms with van der Waals surface area (Å²) in [4.78, 5) is 21.6. The lowest BCUT2D eigenvalue weighted by Crippen LogP contribution is -2.23. The Bertz CT molecular complexity index is 1210. The summed E-state index contributed by atoms with van der Waals surface area (Å²) in [5.41, 5.74) is 1.41. The Balaban J connectivity index is 1.91. The summed E-state index contributed by atoms with van der Waals surface area (Å²) in [7, 11) is -1.37. The number of benzene rings is 1. The minimum absolute atomic E-state index is 0.102. The zero-order valence-corrected chi connectivity index (χ0v) is 18.1. The van der Waals surface area contributed by atoms with Crippen molar-refractivity contribution in [3.05, 3.63) is 51.9 Å². The Labute approximate surface area is 174 Å². The van der Waals surface area contributed by atoms with E-state index in [1.807, 2.05) is 19.1 Å². The van der Waals surface area contributed by atoms with Gasteiger partial charge in [-0.05, 0) is 25.5 Å². The van der Waals surface area contributed by atoms with E-state index in [2.05, 4.69) is 15.3 Å². The van der Waals surface area contributed by atoms with Crippen molar-refractivity contribution in [2.24, 2.45) is 7.05 Å². The van der Waals surface area contributed by atoms with Crippen LogP contribution in [0, 0.1) is 0 Å². The number of aryl methyl sites for hydroxylation is 1. The Hall–Kier alpha value is -2.45. The number of fused-ring (bicyclic) bond motifs is 1. The van der Waals surface area contributed by atoms with Crippen LogP contribution >= 0.6 is 11.6 Å². The molecule has 9 heteroatoms. The molecule has 0 bridgehead atoms. The first kappa shape index (κ1) is 21.3. The number of nitrogens with one attached hydrogen (secondary N) is 1. The van der Waals surface area contributed by atoms with Gasteiger partial charge in [-0.15, -0.1) is 0 Å². The lowest BCUT2D eigenvalue weighted by atomic mass is 10.1. The molecule has 29 heavy (non-hydrogen) atoms. The van der Waals surface area contributed by atoms with E-state index in [9.17, 15) is 13.2 Å². The van der Waals surface area contributed by atoms with E-state index in [1.165, 1.54) is 4.57 Å². The van der Waals surface area contributed by atoms with E-state index in [-0.39, 0.29) is 23.1 Å². The van der Waals surface area contributed by atoms with Gasteiger partial charge < -0.3 is 5.32 Å². The van der Waals surface area contributed by atoms with Gasteiger partial charge in [0.2, 0.25) is 5.95 Å². The van der Waals surface area contributed by atoms with Crippen molar-refractivity contribution in [1.29, 1.82) is 0 Å². The molecular weight excluding hydrogens is 412 g/mol. The lowest BCUT2D eigenvalue weighted by molar-refractivity contribution is 0.591. The summed E-state index contributed by atoms with van der Waals surface area (Å²) in [5.74, 6) is 0.576. The van der Waals surface area contributed by atoms with E-state index >= 15 is 0 Å². The second kappa shape index (κ2) is 8.51. The van der Waals surface area contributed by atoms with Crippen molar-refractivity contribution in [3.63, 3.8) is 0 Å². The normalized spacial score (nSPS) is 12.8. The highest BCUT2D eigenvalue weighted by Gasteiger charge is 2.15. The number of pyridine rings is 1. The third-order valence-corrected chi connectivity index (χ3v) is 6.86. The first-order valence-electron chi connectivity index (χ1n) is 9.30. The van der Waals surface area contributed by atoms with E-state index in [0.29, 0.717) is 39.6 Å². The van der Waals surface area contributed by atoms with Gasteiger partial charge in [-0.3, -0.25) is 9.36 Å². The Morgan fingerprint density at radius 2 is 1.97 bits per heavy atom. The number of rotatable bonds is 7. The maximum absolute atomic E-state index is 12.9. The highest BCUT2D eigenvalue weighted by molar-refractivity contribution is 7.91. The van der Waals surface area contributed by atoms with Gasteiger partial charge in [-0.2, -0.15) is 4.98 Å². The van der Waals surface area contributed by atoms with Crippen molar-refractivity contribution in [2.45, 2.75) is 26.3 Å². The third-order valence-electron chi connectivity index (χ3n) is 4.79. The maximum Gasteiger partial charge on any atom is 0.259 e. The highest BCUT2D eigenvalue weighted by Crippen LogP contribution is 2.27. The number of hydrogen-bond acceptors (Lipinski definition) is 6. The quantitative estimate of drug-likeness (QED) is 0.613. The van der Waals surface area contributed by atoms with Crippen LogP contribution in [0.15, 0.2) is 41.3 Å². The van der Waals surface area contributed by atoms with Crippen molar-refractivity contribution < 1.29 is 8.42 Å². The zero-order valence-electron chi connectivity index (χ0n) is 16.5. The summed E-state index contributed by atoms with van der Waals surface area (Å²) in [6.45, 7) is 3.51. The van der Waals surface area contributed by atoms with E-state index in [4.69, 9.17) is 11.6 Å². The molecule has 0 aliphatic heterocycles. The number of nitrogens with zero attached hydrogens (tertiary/aromatic N) is 3. The van der Waals surface area contributed by atoms with Crippen LogP contribution in [0.5, 0.6) is 0 Å². The van der Waals surface area contributed by atoms with Crippen LogP contribution in [0.25, 0.3) is 22.2 Å². The molecule has 1 unspecified atom stereocenters. The molecule has 154 valence electrons. The first-order valence-corrected chi connectivity index (χ1v) is 11.5. The lowest BCUT2D eigenvalue weighted by Gasteiger charge is -2.15. The molecule has 1 aromatic carbocycles. The van der Waals surface area contributed by atoms with Gasteiger partial charge in [0.1, 0.15) is 15.5 Å². The maximum atomic E-state index is 12.9. The molecule has 0 saturated carbocycles. The van der Waals surface area contributed by atoms with Crippen LogP contribution in [0.2, 0.25) is 5.02 Å². The van der Waals surface area contributed by atoms with Gasteiger partial charge in [-0.25, -0.2) is 13.4 Å². The van der Waals surface area contributed by atoms with Gasteiger partial charge in [0.05, 0.1) is 5.75 Å². The van der Waals surface area contributed by atoms with Crippen LogP contribution in [-0.4, -0.2) is 40.5 Å². The Morgan fingerprint density at radius 1 is 1.24 bits per heavy atom. The molecule has 0 fully saturated rings. The van der Waals surface area contributed by atoms with Crippen molar-refractivity contribution in [2.75, 3.05) is 16.8 Å². The molecule has 3 rings (SSSR count). The zero-order chi connectivity index (χ0) is 21.2. The molecular formula is C20H23ClN4O3S. The molecule has 0 spiro atoms. The molecule has 7 nitrogen and oxygen atoms in total.